The van der Waals surface area contributed by atoms with Gasteiger partial charge in [-0.05, 0) is 28.8 Å². The van der Waals surface area contributed by atoms with E-state index < -0.39 is 12.2 Å². The van der Waals surface area contributed by atoms with E-state index >= 15 is 0 Å². The molecular formula is C24H23N3O5. The third-order valence-corrected chi connectivity index (χ3v) is 4.20. The number of guanidine groups is 1. The summed E-state index contributed by atoms with van der Waals surface area (Å²) in [6.07, 6.45) is -1.59. The molecule has 0 aromatic heterocycles. The van der Waals surface area contributed by atoms with Crippen LogP contribution in [-0.2, 0) is 29.3 Å². The summed E-state index contributed by atoms with van der Waals surface area (Å²) in [4.78, 5) is 28.7. The Morgan fingerprint density at radius 1 is 0.719 bits per heavy atom. The van der Waals surface area contributed by atoms with Crippen molar-refractivity contribution in [3.8, 4) is 0 Å². The monoisotopic (exact) mass is 433 g/mol. The van der Waals surface area contributed by atoms with Gasteiger partial charge in [-0.3, -0.25) is 10.6 Å². The zero-order valence-electron chi connectivity index (χ0n) is 17.2. The van der Waals surface area contributed by atoms with Crippen molar-refractivity contribution in [2.75, 3.05) is 0 Å². The molecule has 0 unspecified atom stereocenters. The zero-order chi connectivity index (χ0) is 22.6. The average Bonchev–Trinajstić information content (AvgIpc) is 2.83. The van der Waals surface area contributed by atoms with Crippen LogP contribution in [0.15, 0.2) is 89.9 Å². The molecule has 3 aromatic rings. The maximum Gasteiger partial charge on any atom is 0.414 e. The van der Waals surface area contributed by atoms with E-state index in [4.69, 9.17) is 9.47 Å². The number of hydrogen-bond donors (Lipinski definition) is 3. The molecule has 8 nitrogen and oxygen atoms in total. The van der Waals surface area contributed by atoms with E-state index in [9.17, 15) is 14.7 Å². The fourth-order valence-electron chi connectivity index (χ4n) is 2.65. The first-order valence-corrected chi connectivity index (χ1v) is 9.86. The lowest BCUT2D eigenvalue weighted by Crippen LogP contribution is -2.44. The van der Waals surface area contributed by atoms with Crippen LogP contribution in [0.4, 0.5) is 15.3 Å². The Hall–Kier alpha value is -4.17. The first-order valence-electron chi connectivity index (χ1n) is 9.86. The number of ether oxygens (including phenoxy) is 2. The van der Waals surface area contributed by atoms with Crippen molar-refractivity contribution in [1.29, 1.82) is 0 Å². The highest BCUT2D eigenvalue weighted by molar-refractivity contribution is 6.02. The largest absolute Gasteiger partial charge is 0.444 e. The molecule has 0 aliphatic rings. The fraction of sp³-hybridized carbons (Fsp3) is 0.125. The first-order chi connectivity index (χ1) is 15.6. The van der Waals surface area contributed by atoms with Gasteiger partial charge in [0.05, 0.1) is 12.3 Å². The highest BCUT2D eigenvalue weighted by Crippen LogP contribution is 2.14. The van der Waals surface area contributed by atoms with Crippen LogP contribution in [0, 0.1) is 0 Å². The van der Waals surface area contributed by atoms with Crippen molar-refractivity contribution in [2.24, 2.45) is 4.99 Å². The van der Waals surface area contributed by atoms with Gasteiger partial charge in [0, 0.05) is 0 Å². The molecule has 0 radical (unpaired) electrons. The van der Waals surface area contributed by atoms with E-state index in [1.54, 1.807) is 24.3 Å². The van der Waals surface area contributed by atoms with Crippen molar-refractivity contribution >= 4 is 23.8 Å². The fourth-order valence-corrected chi connectivity index (χ4v) is 2.65. The molecule has 3 aromatic carbocycles. The van der Waals surface area contributed by atoms with Gasteiger partial charge in [-0.1, -0.05) is 72.8 Å². The van der Waals surface area contributed by atoms with Gasteiger partial charge in [-0.15, -0.1) is 0 Å². The van der Waals surface area contributed by atoms with E-state index in [0.29, 0.717) is 11.3 Å². The Morgan fingerprint density at radius 3 is 1.72 bits per heavy atom. The third-order valence-electron chi connectivity index (χ3n) is 4.20. The summed E-state index contributed by atoms with van der Waals surface area (Å²) in [5.41, 5.74) is 2.67. The molecule has 0 saturated heterocycles. The lowest BCUT2D eigenvalue weighted by Gasteiger charge is -2.12. The number of benzene rings is 3. The molecule has 0 heterocycles. The molecule has 3 rings (SSSR count). The van der Waals surface area contributed by atoms with Gasteiger partial charge in [0.25, 0.3) is 0 Å². The Bertz CT molecular complexity index is 996. The van der Waals surface area contributed by atoms with E-state index in [0.717, 1.165) is 11.1 Å². The van der Waals surface area contributed by atoms with E-state index in [2.05, 4.69) is 15.6 Å². The highest BCUT2D eigenvalue weighted by Gasteiger charge is 2.13. The number of aliphatic hydroxyl groups is 1. The number of nitrogens with zero attached hydrogens (tertiary/aromatic N) is 1. The summed E-state index contributed by atoms with van der Waals surface area (Å²) in [6, 6.07) is 25.0. The van der Waals surface area contributed by atoms with Gasteiger partial charge in [0.1, 0.15) is 13.2 Å². The number of alkyl carbamates (subject to hydrolysis) is 2. The first kappa shape index (κ1) is 22.5. The van der Waals surface area contributed by atoms with Crippen LogP contribution in [-0.4, -0.2) is 23.3 Å². The van der Waals surface area contributed by atoms with E-state index in [1.165, 1.54) is 0 Å². The smallest absolute Gasteiger partial charge is 0.414 e. The van der Waals surface area contributed by atoms with Gasteiger partial charge < -0.3 is 14.6 Å². The van der Waals surface area contributed by atoms with E-state index in [1.807, 2.05) is 60.7 Å². The second kappa shape index (κ2) is 11.9. The Kier molecular flexibility index (Phi) is 8.35. The quantitative estimate of drug-likeness (QED) is 0.402. The minimum Gasteiger partial charge on any atom is -0.444 e. The maximum atomic E-state index is 12.3. The normalized spacial score (nSPS) is 10.0. The van der Waals surface area contributed by atoms with Gasteiger partial charge >= 0.3 is 12.2 Å². The van der Waals surface area contributed by atoms with Crippen LogP contribution in [0.2, 0.25) is 0 Å². The molecule has 0 fully saturated rings. The molecule has 0 spiro atoms. The molecule has 0 atom stereocenters. The van der Waals surface area contributed by atoms with Crippen molar-refractivity contribution in [1.82, 2.24) is 10.6 Å². The number of aliphatic imine (C=N–C) groups is 1. The molecule has 0 saturated carbocycles. The van der Waals surface area contributed by atoms with Gasteiger partial charge in [-0.2, -0.15) is 0 Å². The van der Waals surface area contributed by atoms with Crippen molar-refractivity contribution < 1.29 is 24.2 Å². The molecule has 32 heavy (non-hydrogen) atoms. The predicted octanol–water partition coefficient (Wildman–Crippen LogP) is 4.02. The number of carbonyl (C=O) groups excluding carboxylic acids is 2. The number of carbonyl (C=O) groups is 2. The second-order valence-corrected chi connectivity index (χ2v) is 6.66. The molecule has 0 bridgehead atoms. The minimum atomic E-state index is -0.797. The number of aliphatic hydroxyl groups excluding tert-OH is 1. The summed E-state index contributed by atoms with van der Waals surface area (Å²) >= 11 is 0. The van der Waals surface area contributed by atoms with Crippen LogP contribution in [0.3, 0.4) is 0 Å². The molecule has 164 valence electrons. The Labute approximate surface area is 185 Å². The van der Waals surface area contributed by atoms with Crippen molar-refractivity contribution in [2.45, 2.75) is 19.8 Å². The van der Waals surface area contributed by atoms with Gasteiger partial charge in [-0.25, -0.2) is 14.6 Å². The van der Waals surface area contributed by atoms with E-state index in [-0.39, 0.29) is 25.8 Å². The molecule has 3 N–H and O–H groups in total. The lowest BCUT2D eigenvalue weighted by atomic mass is 10.2. The van der Waals surface area contributed by atoms with Crippen LogP contribution >= 0.6 is 0 Å². The minimum absolute atomic E-state index is 0.0540. The molecule has 2 amide bonds. The summed E-state index contributed by atoms with van der Waals surface area (Å²) in [5.74, 6) is -0.170. The number of nitrogens with one attached hydrogen (secondary N) is 2. The number of amides is 2. The SMILES string of the molecule is O=C(NC(=Nc1cccc(CO)c1)NC(=O)OCc1ccccc1)OCc1ccccc1. The topological polar surface area (TPSA) is 109 Å². The lowest BCUT2D eigenvalue weighted by molar-refractivity contribution is 0.141. The maximum absolute atomic E-state index is 12.3. The Balaban J connectivity index is 1.66. The summed E-state index contributed by atoms with van der Waals surface area (Å²) in [6.45, 7) is -0.0609. The molecular weight excluding hydrogens is 410 g/mol. The number of hydrogen-bond acceptors (Lipinski definition) is 6. The van der Waals surface area contributed by atoms with Crippen LogP contribution in [0.1, 0.15) is 16.7 Å². The summed E-state index contributed by atoms with van der Waals surface area (Å²) in [7, 11) is 0. The predicted molar refractivity (Wildman–Crippen MR) is 119 cm³/mol. The third kappa shape index (κ3) is 7.58. The van der Waals surface area contributed by atoms with Crippen LogP contribution in [0.5, 0.6) is 0 Å². The average molecular weight is 433 g/mol. The van der Waals surface area contributed by atoms with Crippen molar-refractivity contribution in [3.63, 3.8) is 0 Å². The Morgan fingerprint density at radius 2 is 1.22 bits per heavy atom. The number of rotatable bonds is 6. The second-order valence-electron chi connectivity index (χ2n) is 6.66. The van der Waals surface area contributed by atoms with Gasteiger partial charge in [0.2, 0.25) is 5.96 Å². The summed E-state index contributed by atoms with van der Waals surface area (Å²) in [5, 5.41) is 14.1. The zero-order valence-corrected chi connectivity index (χ0v) is 17.2. The van der Waals surface area contributed by atoms with Crippen LogP contribution in [0.25, 0.3) is 0 Å². The highest BCUT2D eigenvalue weighted by atomic mass is 16.6. The molecule has 0 aliphatic heterocycles. The molecule has 0 aliphatic carbocycles. The molecule has 8 heteroatoms. The van der Waals surface area contributed by atoms with Crippen LogP contribution < -0.4 is 10.6 Å². The summed E-state index contributed by atoms with van der Waals surface area (Å²) < 4.78 is 10.4. The standard InChI is InChI=1S/C24H23N3O5/c28-15-20-12-7-13-21(14-20)25-22(26-23(29)31-16-18-8-3-1-4-9-18)27-24(30)32-17-19-10-5-2-6-11-19/h1-14,28H,15-17H2,(H2,25,26,27,29,30). The van der Waals surface area contributed by atoms with Crippen molar-refractivity contribution in [3.05, 3.63) is 102 Å². The van der Waals surface area contributed by atoms with Gasteiger partial charge in [0.15, 0.2) is 0 Å².